The van der Waals surface area contributed by atoms with Crippen LogP contribution in [0.4, 0.5) is 4.39 Å². The second-order valence-electron chi connectivity index (χ2n) is 4.35. The third kappa shape index (κ3) is 1.96. The van der Waals surface area contributed by atoms with E-state index in [1.54, 1.807) is 4.57 Å². The third-order valence-corrected chi connectivity index (χ3v) is 3.27. The van der Waals surface area contributed by atoms with Gasteiger partial charge < -0.3 is 0 Å². The van der Waals surface area contributed by atoms with Crippen LogP contribution in [0.2, 0.25) is 5.28 Å². The van der Waals surface area contributed by atoms with Gasteiger partial charge in [0.1, 0.15) is 6.33 Å². The third-order valence-electron chi connectivity index (χ3n) is 3.09. The number of nitrogens with zero attached hydrogens (tertiary/aromatic N) is 4. The first-order chi connectivity index (χ1) is 9.06. The highest BCUT2D eigenvalue weighted by atomic mass is 35.5. The highest BCUT2D eigenvalue weighted by Gasteiger charge is 2.12. The summed E-state index contributed by atoms with van der Waals surface area (Å²) in [5, 5.41) is 0.00193. The Labute approximate surface area is 113 Å². The fourth-order valence-corrected chi connectivity index (χ4v) is 2.07. The van der Waals surface area contributed by atoms with Crippen molar-refractivity contribution in [2.75, 3.05) is 0 Å². The molecule has 0 saturated heterocycles. The van der Waals surface area contributed by atoms with E-state index >= 15 is 0 Å². The molecule has 0 saturated carbocycles. The summed E-state index contributed by atoms with van der Waals surface area (Å²) in [6.07, 6.45) is 2.59. The highest BCUT2D eigenvalue weighted by Crippen LogP contribution is 2.22. The minimum Gasteiger partial charge on any atom is -0.280 e. The Morgan fingerprint density at radius 3 is 2.68 bits per heavy atom. The molecule has 2 heterocycles. The lowest BCUT2D eigenvalue weighted by molar-refractivity contribution is 0.603. The normalized spacial score (nSPS) is 11.2. The molecule has 0 aliphatic carbocycles. The molecule has 0 amide bonds. The summed E-state index contributed by atoms with van der Waals surface area (Å²) >= 11 is 5.72. The summed E-state index contributed by atoms with van der Waals surface area (Å²) in [4.78, 5) is 11.8. The van der Waals surface area contributed by atoms with E-state index in [2.05, 4.69) is 15.0 Å². The van der Waals surface area contributed by atoms with Crippen LogP contribution in [0.5, 0.6) is 0 Å². The van der Waals surface area contributed by atoms with Gasteiger partial charge in [-0.2, -0.15) is 4.98 Å². The molecule has 0 spiro atoms. The lowest BCUT2D eigenvalue weighted by Crippen LogP contribution is -2.01. The Kier molecular flexibility index (Phi) is 2.71. The summed E-state index contributed by atoms with van der Waals surface area (Å²) < 4.78 is 15.4. The van der Waals surface area contributed by atoms with Crippen molar-refractivity contribution in [3.05, 3.63) is 46.9 Å². The molecular formula is C13H10ClFN4. The van der Waals surface area contributed by atoms with E-state index in [-0.39, 0.29) is 11.1 Å². The molecule has 19 heavy (non-hydrogen) atoms. The van der Waals surface area contributed by atoms with E-state index < -0.39 is 5.82 Å². The van der Waals surface area contributed by atoms with Crippen molar-refractivity contribution in [3.8, 4) is 5.82 Å². The first-order valence-electron chi connectivity index (χ1n) is 5.69. The predicted molar refractivity (Wildman–Crippen MR) is 71.1 cm³/mol. The van der Waals surface area contributed by atoms with Crippen LogP contribution >= 0.6 is 11.6 Å². The minimum atomic E-state index is -0.540. The van der Waals surface area contributed by atoms with Crippen LogP contribution in [0.3, 0.4) is 0 Å². The van der Waals surface area contributed by atoms with Crippen molar-refractivity contribution in [2.24, 2.45) is 0 Å². The number of rotatable bonds is 1. The SMILES string of the molecule is Cc1cc2ncn(-c3nc(Cl)ncc3F)c2cc1C. The van der Waals surface area contributed by atoms with Crippen molar-refractivity contribution in [2.45, 2.75) is 13.8 Å². The molecule has 0 unspecified atom stereocenters. The van der Waals surface area contributed by atoms with Crippen molar-refractivity contribution >= 4 is 22.6 Å². The molecule has 0 radical (unpaired) electrons. The summed E-state index contributed by atoms with van der Waals surface area (Å²) in [7, 11) is 0. The molecule has 0 bridgehead atoms. The van der Waals surface area contributed by atoms with E-state index in [1.165, 1.54) is 6.33 Å². The molecule has 4 nitrogen and oxygen atoms in total. The number of benzene rings is 1. The van der Waals surface area contributed by atoms with Crippen molar-refractivity contribution in [1.29, 1.82) is 0 Å². The maximum Gasteiger partial charge on any atom is 0.224 e. The molecule has 0 atom stereocenters. The zero-order valence-electron chi connectivity index (χ0n) is 10.4. The number of hydrogen-bond acceptors (Lipinski definition) is 3. The maximum absolute atomic E-state index is 13.8. The van der Waals surface area contributed by atoms with Gasteiger partial charge in [0, 0.05) is 0 Å². The van der Waals surface area contributed by atoms with Crippen LogP contribution in [0.1, 0.15) is 11.1 Å². The molecule has 0 aliphatic heterocycles. The number of hydrogen-bond donors (Lipinski definition) is 0. The Balaban J connectivity index is 2.31. The van der Waals surface area contributed by atoms with E-state index in [1.807, 2.05) is 26.0 Å². The molecule has 3 rings (SSSR count). The van der Waals surface area contributed by atoms with Crippen LogP contribution in [-0.2, 0) is 0 Å². The summed E-state index contributed by atoms with van der Waals surface area (Å²) in [5.74, 6) is -0.437. The number of imidazole rings is 1. The van der Waals surface area contributed by atoms with Gasteiger partial charge in [-0.25, -0.2) is 14.4 Å². The monoisotopic (exact) mass is 276 g/mol. The molecule has 0 N–H and O–H groups in total. The molecule has 96 valence electrons. The molecule has 6 heteroatoms. The topological polar surface area (TPSA) is 43.6 Å². The number of aryl methyl sites for hydroxylation is 2. The van der Waals surface area contributed by atoms with Gasteiger partial charge in [-0.05, 0) is 48.7 Å². The van der Waals surface area contributed by atoms with Crippen molar-refractivity contribution < 1.29 is 4.39 Å². The molecule has 1 aromatic carbocycles. The van der Waals surface area contributed by atoms with Crippen LogP contribution in [-0.4, -0.2) is 19.5 Å². The standard InChI is InChI=1S/C13H10ClFN4/c1-7-3-10-11(4-8(7)2)19(6-17-10)12-9(15)5-16-13(14)18-12/h3-6H,1-2H3. The average Bonchev–Trinajstić information content (AvgIpc) is 2.76. The fraction of sp³-hybridized carbons (Fsp3) is 0.154. The fourth-order valence-electron chi connectivity index (χ4n) is 1.94. The van der Waals surface area contributed by atoms with Gasteiger partial charge in [0.25, 0.3) is 0 Å². The van der Waals surface area contributed by atoms with Crippen LogP contribution < -0.4 is 0 Å². The molecule has 2 aromatic heterocycles. The van der Waals surface area contributed by atoms with Gasteiger partial charge >= 0.3 is 0 Å². The number of halogens is 2. The highest BCUT2D eigenvalue weighted by molar-refractivity contribution is 6.28. The van der Waals surface area contributed by atoms with Gasteiger partial charge in [-0.1, -0.05) is 0 Å². The van der Waals surface area contributed by atoms with Gasteiger partial charge in [0.05, 0.1) is 17.2 Å². The van der Waals surface area contributed by atoms with Gasteiger partial charge in [-0.3, -0.25) is 4.57 Å². The average molecular weight is 277 g/mol. The van der Waals surface area contributed by atoms with Crippen LogP contribution in [0.25, 0.3) is 16.9 Å². The van der Waals surface area contributed by atoms with Crippen LogP contribution in [0.15, 0.2) is 24.7 Å². The van der Waals surface area contributed by atoms with Crippen LogP contribution in [0, 0.1) is 19.7 Å². The number of fused-ring (bicyclic) bond motifs is 1. The molecule has 3 aromatic rings. The summed E-state index contributed by atoms with van der Waals surface area (Å²) in [5.41, 5.74) is 3.82. The van der Waals surface area contributed by atoms with E-state index in [0.717, 1.165) is 28.4 Å². The molecular weight excluding hydrogens is 267 g/mol. The largest absolute Gasteiger partial charge is 0.280 e. The zero-order chi connectivity index (χ0) is 13.6. The summed E-state index contributed by atoms with van der Waals surface area (Å²) in [6, 6.07) is 3.91. The summed E-state index contributed by atoms with van der Waals surface area (Å²) in [6.45, 7) is 4.01. The second-order valence-corrected chi connectivity index (χ2v) is 4.69. The Hall–Kier alpha value is -2.01. The molecule has 0 aliphatic rings. The van der Waals surface area contributed by atoms with Gasteiger partial charge in [0.2, 0.25) is 5.28 Å². The van der Waals surface area contributed by atoms with Crippen molar-refractivity contribution in [1.82, 2.24) is 19.5 Å². The van der Waals surface area contributed by atoms with Gasteiger partial charge in [0.15, 0.2) is 11.6 Å². The van der Waals surface area contributed by atoms with E-state index in [4.69, 9.17) is 11.6 Å². The smallest absolute Gasteiger partial charge is 0.224 e. The van der Waals surface area contributed by atoms with E-state index in [0.29, 0.717) is 0 Å². The van der Waals surface area contributed by atoms with Crippen molar-refractivity contribution in [3.63, 3.8) is 0 Å². The van der Waals surface area contributed by atoms with Gasteiger partial charge in [-0.15, -0.1) is 0 Å². The lowest BCUT2D eigenvalue weighted by Gasteiger charge is -2.06. The zero-order valence-corrected chi connectivity index (χ0v) is 11.1. The lowest BCUT2D eigenvalue weighted by atomic mass is 10.1. The Morgan fingerprint density at radius 2 is 1.89 bits per heavy atom. The number of aromatic nitrogens is 4. The Morgan fingerprint density at radius 1 is 1.16 bits per heavy atom. The van der Waals surface area contributed by atoms with E-state index in [9.17, 15) is 4.39 Å². The first-order valence-corrected chi connectivity index (χ1v) is 6.07. The first kappa shape index (κ1) is 12.0. The Bertz CT molecular complexity index is 782. The quantitative estimate of drug-likeness (QED) is 0.641. The molecule has 0 fully saturated rings. The maximum atomic E-state index is 13.8. The second kappa shape index (κ2) is 4.28. The minimum absolute atomic E-state index is 0.00193. The predicted octanol–water partition coefficient (Wildman–Crippen LogP) is 3.22.